The van der Waals surface area contributed by atoms with E-state index in [-0.39, 0.29) is 11.6 Å². The Balaban J connectivity index is 1.89. The summed E-state index contributed by atoms with van der Waals surface area (Å²) in [4.78, 5) is 25.3. The van der Waals surface area contributed by atoms with Crippen LogP contribution < -0.4 is 5.32 Å². The van der Waals surface area contributed by atoms with E-state index in [0.717, 1.165) is 5.56 Å². The Morgan fingerprint density at radius 2 is 1.42 bits per heavy atom. The molecule has 0 radical (unpaired) electrons. The Kier molecular flexibility index (Phi) is 8.35. The molecule has 0 saturated carbocycles. The zero-order valence-corrected chi connectivity index (χ0v) is 22.4. The maximum atomic E-state index is 13.7. The minimum atomic E-state index is -1.44. The number of nitro groups is 1. The highest BCUT2D eigenvalue weighted by Gasteiger charge is 2.46. The van der Waals surface area contributed by atoms with Crippen LogP contribution in [0.5, 0.6) is 0 Å². The first-order chi connectivity index (χ1) is 18.3. The lowest BCUT2D eigenvalue weighted by molar-refractivity contribution is -0.384. The molecular weight excluding hydrogens is 523 g/mol. The first kappa shape index (κ1) is 27.2. The van der Waals surface area contributed by atoms with Gasteiger partial charge in [0.25, 0.3) is 5.69 Å². The zero-order chi connectivity index (χ0) is 27.3. The van der Waals surface area contributed by atoms with Gasteiger partial charge in [0.1, 0.15) is 11.1 Å². The SMILES string of the molecule is COC(=O)C(c1ccc(Cl)cc1)(c1ccc(Cl)cc1)c1ccc([N+](=O)[O-])c(NC[C@@H](C)c2ccccc2)c1. The molecule has 4 rings (SSSR count). The van der Waals surface area contributed by atoms with Crippen molar-refractivity contribution >= 4 is 40.5 Å². The van der Waals surface area contributed by atoms with Crippen LogP contribution in [0.1, 0.15) is 35.1 Å². The Morgan fingerprint density at radius 1 is 0.895 bits per heavy atom. The van der Waals surface area contributed by atoms with Crippen molar-refractivity contribution in [1.82, 2.24) is 0 Å². The van der Waals surface area contributed by atoms with Gasteiger partial charge in [-0.1, -0.05) is 90.8 Å². The highest BCUT2D eigenvalue weighted by molar-refractivity contribution is 6.30. The predicted octanol–water partition coefficient (Wildman–Crippen LogP) is 7.62. The second-order valence-electron chi connectivity index (χ2n) is 8.94. The monoisotopic (exact) mass is 548 g/mol. The lowest BCUT2D eigenvalue weighted by Gasteiger charge is -2.33. The van der Waals surface area contributed by atoms with Crippen LogP contribution in [-0.4, -0.2) is 24.5 Å². The molecule has 6 nitrogen and oxygen atoms in total. The normalized spacial score (nSPS) is 12.0. The van der Waals surface area contributed by atoms with Crippen molar-refractivity contribution in [3.63, 3.8) is 0 Å². The van der Waals surface area contributed by atoms with Crippen LogP contribution in [0.15, 0.2) is 97.1 Å². The molecule has 1 atom stereocenters. The Labute approximate surface area is 231 Å². The van der Waals surface area contributed by atoms with E-state index in [1.165, 1.54) is 13.2 Å². The van der Waals surface area contributed by atoms with Crippen molar-refractivity contribution in [2.24, 2.45) is 0 Å². The summed E-state index contributed by atoms with van der Waals surface area (Å²) in [6, 6.07) is 28.3. The minimum absolute atomic E-state index is 0.0809. The number of halogens is 2. The number of hydrogen-bond acceptors (Lipinski definition) is 5. The number of esters is 1. The molecule has 0 fully saturated rings. The van der Waals surface area contributed by atoms with Crippen LogP contribution in [0.25, 0.3) is 0 Å². The fourth-order valence-corrected chi connectivity index (χ4v) is 4.89. The molecule has 0 unspecified atom stereocenters. The number of carbonyl (C=O) groups is 1. The van der Waals surface area contributed by atoms with Gasteiger partial charge in [-0.15, -0.1) is 0 Å². The topological polar surface area (TPSA) is 81.5 Å². The second kappa shape index (κ2) is 11.7. The predicted molar refractivity (Wildman–Crippen MR) is 151 cm³/mol. The molecule has 38 heavy (non-hydrogen) atoms. The van der Waals surface area contributed by atoms with E-state index in [4.69, 9.17) is 27.9 Å². The number of nitro benzene ring substituents is 1. The number of nitrogens with one attached hydrogen (secondary N) is 1. The third kappa shape index (κ3) is 5.37. The van der Waals surface area contributed by atoms with Crippen LogP contribution in [0.3, 0.4) is 0 Å². The molecule has 0 heterocycles. The molecule has 0 aromatic heterocycles. The van der Waals surface area contributed by atoms with E-state index < -0.39 is 16.3 Å². The van der Waals surface area contributed by atoms with Crippen molar-refractivity contribution in [2.75, 3.05) is 19.0 Å². The summed E-state index contributed by atoms with van der Waals surface area (Å²) >= 11 is 12.3. The fraction of sp³-hybridized carbons (Fsp3) is 0.167. The van der Waals surface area contributed by atoms with Gasteiger partial charge in [0, 0.05) is 22.7 Å². The summed E-state index contributed by atoms with van der Waals surface area (Å²) in [5.41, 5.74) is 1.54. The molecule has 0 saturated heterocycles. The highest BCUT2D eigenvalue weighted by Crippen LogP contribution is 2.43. The number of rotatable bonds is 9. The lowest BCUT2D eigenvalue weighted by atomic mass is 9.69. The van der Waals surface area contributed by atoms with Crippen LogP contribution in [0.4, 0.5) is 11.4 Å². The van der Waals surface area contributed by atoms with Crippen LogP contribution in [-0.2, 0) is 14.9 Å². The summed E-state index contributed by atoms with van der Waals surface area (Å²) in [6.07, 6.45) is 0. The molecule has 0 aliphatic rings. The summed E-state index contributed by atoms with van der Waals surface area (Å²) in [5, 5.41) is 16.2. The summed E-state index contributed by atoms with van der Waals surface area (Å²) in [5.74, 6) is -0.475. The molecule has 1 N–H and O–H groups in total. The van der Waals surface area contributed by atoms with E-state index in [2.05, 4.69) is 5.32 Å². The van der Waals surface area contributed by atoms with E-state index in [1.807, 2.05) is 37.3 Å². The Hall–Kier alpha value is -3.87. The molecule has 0 spiro atoms. The average Bonchev–Trinajstić information content (AvgIpc) is 2.94. The molecule has 0 amide bonds. The van der Waals surface area contributed by atoms with Crippen LogP contribution in [0.2, 0.25) is 10.0 Å². The van der Waals surface area contributed by atoms with E-state index in [0.29, 0.717) is 39.0 Å². The molecule has 0 aliphatic heterocycles. The lowest BCUT2D eigenvalue weighted by Crippen LogP contribution is -2.39. The maximum Gasteiger partial charge on any atom is 0.325 e. The molecular formula is C30H26Cl2N2O4. The zero-order valence-electron chi connectivity index (χ0n) is 20.9. The van der Waals surface area contributed by atoms with Gasteiger partial charge in [0.2, 0.25) is 0 Å². The molecule has 4 aromatic carbocycles. The third-order valence-corrected chi connectivity index (χ3v) is 7.14. The first-order valence-corrected chi connectivity index (χ1v) is 12.7. The van der Waals surface area contributed by atoms with Gasteiger partial charge in [-0.25, -0.2) is 0 Å². The van der Waals surface area contributed by atoms with Gasteiger partial charge < -0.3 is 10.1 Å². The smallest absolute Gasteiger partial charge is 0.325 e. The van der Waals surface area contributed by atoms with Gasteiger partial charge >= 0.3 is 5.97 Å². The molecule has 194 valence electrons. The quantitative estimate of drug-likeness (QED) is 0.101. The van der Waals surface area contributed by atoms with Crippen molar-refractivity contribution in [3.05, 3.63) is 139 Å². The summed E-state index contributed by atoms with van der Waals surface area (Å²) < 4.78 is 5.35. The Morgan fingerprint density at radius 3 is 1.92 bits per heavy atom. The summed E-state index contributed by atoms with van der Waals surface area (Å²) in [6.45, 7) is 2.49. The van der Waals surface area contributed by atoms with Crippen molar-refractivity contribution in [3.8, 4) is 0 Å². The largest absolute Gasteiger partial charge is 0.468 e. The second-order valence-corrected chi connectivity index (χ2v) is 9.81. The van der Waals surface area contributed by atoms with Crippen LogP contribution >= 0.6 is 23.2 Å². The molecule has 0 aliphatic carbocycles. The fourth-order valence-electron chi connectivity index (χ4n) is 4.64. The van der Waals surface area contributed by atoms with Crippen molar-refractivity contribution in [1.29, 1.82) is 0 Å². The number of hydrogen-bond donors (Lipinski definition) is 1. The van der Waals surface area contributed by atoms with Gasteiger partial charge in [0.15, 0.2) is 0 Å². The average molecular weight is 549 g/mol. The molecule has 4 aromatic rings. The van der Waals surface area contributed by atoms with E-state index in [9.17, 15) is 14.9 Å². The minimum Gasteiger partial charge on any atom is -0.468 e. The summed E-state index contributed by atoms with van der Waals surface area (Å²) in [7, 11) is 1.31. The Bertz CT molecular complexity index is 1380. The van der Waals surface area contributed by atoms with E-state index in [1.54, 1.807) is 60.7 Å². The number of ether oxygens (including phenoxy) is 1. The van der Waals surface area contributed by atoms with E-state index >= 15 is 0 Å². The van der Waals surface area contributed by atoms with Crippen molar-refractivity contribution < 1.29 is 14.5 Å². The molecule has 8 heteroatoms. The number of methoxy groups -OCH3 is 1. The van der Waals surface area contributed by atoms with Gasteiger partial charge in [-0.3, -0.25) is 14.9 Å². The van der Waals surface area contributed by atoms with Gasteiger partial charge in [0.05, 0.1) is 12.0 Å². The third-order valence-electron chi connectivity index (χ3n) is 6.64. The van der Waals surface area contributed by atoms with Crippen LogP contribution in [0, 0.1) is 10.1 Å². The maximum absolute atomic E-state index is 13.7. The number of nitrogens with zero attached hydrogens (tertiary/aromatic N) is 1. The molecule has 0 bridgehead atoms. The van der Waals surface area contributed by atoms with Gasteiger partial charge in [-0.05, 0) is 58.5 Å². The van der Waals surface area contributed by atoms with Crippen molar-refractivity contribution in [2.45, 2.75) is 18.3 Å². The first-order valence-electron chi connectivity index (χ1n) is 12.0. The van der Waals surface area contributed by atoms with Gasteiger partial charge in [-0.2, -0.15) is 0 Å². The number of benzene rings is 4. The number of carbonyl (C=O) groups excluding carboxylic acids is 1. The highest BCUT2D eigenvalue weighted by atomic mass is 35.5. The number of anilines is 1. The standard InChI is InChI=1S/C30H26Cl2N2O4/c1-20(21-6-4-3-5-7-21)19-33-27-18-24(12-17-28(27)34(36)37)30(29(35)38-2,22-8-13-25(31)14-9-22)23-10-15-26(32)16-11-23/h3-18,20,33H,19H2,1-2H3/t20-/m1/s1.